The van der Waals surface area contributed by atoms with E-state index in [2.05, 4.69) is 11.2 Å². The van der Waals surface area contributed by atoms with Gasteiger partial charge in [0.2, 0.25) is 0 Å². The van der Waals surface area contributed by atoms with Gasteiger partial charge < -0.3 is 0 Å². The van der Waals surface area contributed by atoms with Crippen LogP contribution in [0.2, 0.25) is 0 Å². The second kappa shape index (κ2) is 3.81. The van der Waals surface area contributed by atoms with Gasteiger partial charge in [0.15, 0.2) is 0 Å². The predicted molar refractivity (Wildman–Crippen MR) is 54.3 cm³/mol. The van der Waals surface area contributed by atoms with E-state index in [-0.39, 0.29) is 11.9 Å². The quantitative estimate of drug-likeness (QED) is 0.702. The lowest BCUT2D eigenvalue weighted by Gasteiger charge is -2.11. The molecule has 2 heteroatoms. The molecular formula is C12H12FN. The van der Waals surface area contributed by atoms with Crippen molar-refractivity contribution in [2.45, 2.75) is 18.9 Å². The van der Waals surface area contributed by atoms with E-state index in [1.807, 2.05) is 6.07 Å². The zero-order valence-electron chi connectivity index (χ0n) is 7.89. The predicted octanol–water partition coefficient (Wildman–Crippen LogP) is 2.04. The highest BCUT2D eigenvalue weighted by Gasteiger charge is 2.21. The Hall–Kier alpha value is -1.33. The molecule has 0 saturated carbocycles. The second-order valence-electron chi connectivity index (χ2n) is 3.52. The van der Waals surface area contributed by atoms with E-state index in [1.54, 1.807) is 6.07 Å². The Labute approximate surface area is 83.3 Å². The molecule has 1 aromatic rings. The number of hydrogen-bond acceptors (Lipinski definition) is 1. The zero-order chi connectivity index (χ0) is 9.97. The fraction of sp³-hybridized carbons (Fsp3) is 0.333. The molecule has 2 rings (SSSR count). The topological polar surface area (TPSA) is 12.0 Å². The van der Waals surface area contributed by atoms with Crippen molar-refractivity contribution in [2.24, 2.45) is 0 Å². The monoisotopic (exact) mass is 189 g/mol. The van der Waals surface area contributed by atoms with E-state index in [0.29, 0.717) is 6.54 Å². The van der Waals surface area contributed by atoms with E-state index < -0.39 is 0 Å². The normalized spacial score (nSPS) is 19.0. The second-order valence-corrected chi connectivity index (χ2v) is 3.52. The van der Waals surface area contributed by atoms with E-state index in [0.717, 1.165) is 18.4 Å². The molecule has 0 unspecified atom stereocenters. The Kier molecular flexibility index (Phi) is 2.51. The van der Waals surface area contributed by atoms with Crippen molar-refractivity contribution in [3.8, 4) is 12.3 Å². The molecule has 0 fully saturated rings. The van der Waals surface area contributed by atoms with Gasteiger partial charge in [-0.15, -0.1) is 6.42 Å². The molecule has 1 aliphatic carbocycles. The van der Waals surface area contributed by atoms with Gasteiger partial charge in [-0.3, -0.25) is 5.32 Å². The summed E-state index contributed by atoms with van der Waals surface area (Å²) < 4.78 is 13.0. The van der Waals surface area contributed by atoms with Crippen LogP contribution in [0.15, 0.2) is 18.2 Å². The van der Waals surface area contributed by atoms with Crippen molar-refractivity contribution in [1.82, 2.24) is 5.32 Å². The maximum atomic E-state index is 13.0. The van der Waals surface area contributed by atoms with Gasteiger partial charge >= 0.3 is 0 Å². The summed E-state index contributed by atoms with van der Waals surface area (Å²) in [4.78, 5) is 0. The van der Waals surface area contributed by atoms with Crippen LogP contribution in [0.25, 0.3) is 0 Å². The number of nitrogens with one attached hydrogen (secondary N) is 1. The molecule has 0 radical (unpaired) electrons. The molecule has 0 heterocycles. The Morgan fingerprint density at radius 3 is 3.21 bits per heavy atom. The number of benzene rings is 1. The van der Waals surface area contributed by atoms with Crippen molar-refractivity contribution in [2.75, 3.05) is 6.54 Å². The van der Waals surface area contributed by atoms with Crippen LogP contribution in [0.4, 0.5) is 4.39 Å². The highest BCUT2D eigenvalue weighted by Crippen LogP contribution is 2.31. The van der Waals surface area contributed by atoms with E-state index in [9.17, 15) is 4.39 Å². The van der Waals surface area contributed by atoms with Crippen LogP contribution < -0.4 is 5.32 Å². The fourth-order valence-corrected chi connectivity index (χ4v) is 1.97. The van der Waals surface area contributed by atoms with Crippen molar-refractivity contribution in [3.63, 3.8) is 0 Å². The van der Waals surface area contributed by atoms with Gasteiger partial charge in [0.1, 0.15) is 5.82 Å². The van der Waals surface area contributed by atoms with Crippen molar-refractivity contribution in [3.05, 3.63) is 35.1 Å². The molecule has 0 bridgehead atoms. The molecule has 1 nitrogen and oxygen atoms in total. The lowest BCUT2D eigenvalue weighted by Crippen LogP contribution is -2.19. The zero-order valence-corrected chi connectivity index (χ0v) is 7.89. The standard InChI is InChI=1S/C12H12FN/c1-2-7-14-12-6-4-9-3-5-10(13)8-11(9)12/h1,3,5,8,12,14H,4,6-7H2/t12-/m1/s1. The molecule has 0 saturated heterocycles. The van der Waals surface area contributed by atoms with E-state index in [4.69, 9.17) is 6.42 Å². The minimum absolute atomic E-state index is 0.168. The maximum Gasteiger partial charge on any atom is 0.123 e. The number of aryl methyl sites for hydroxylation is 1. The van der Waals surface area contributed by atoms with Crippen molar-refractivity contribution in [1.29, 1.82) is 0 Å². The Morgan fingerprint density at radius 2 is 2.43 bits per heavy atom. The molecule has 72 valence electrons. The highest BCUT2D eigenvalue weighted by molar-refractivity contribution is 5.35. The third-order valence-corrected chi connectivity index (χ3v) is 2.64. The first kappa shape index (κ1) is 9.23. The molecule has 1 N–H and O–H groups in total. The van der Waals surface area contributed by atoms with Crippen LogP contribution in [0.1, 0.15) is 23.6 Å². The molecule has 14 heavy (non-hydrogen) atoms. The first-order valence-electron chi connectivity index (χ1n) is 4.76. The summed E-state index contributed by atoms with van der Waals surface area (Å²) in [5.74, 6) is 2.37. The summed E-state index contributed by atoms with van der Waals surface area (Å²) in [6.45, 7) is 0.542. The molecule has 1 aliphatic rings. The molecule has 0 aliphatic heterocycles. The van der Waals surface area contributed by atoms with Crippen LogP contribution >= 0.6 is 0 Å². The van der Waals surface area contributed by atoms with Gasteiger partial charge in [0.05, 0.1) is 6.54 Å². The lowest BCUT2D eigenvalue weighted by atomic mass is 10.1. The average Bonchev–Trinajstić information content (AvgIpc) is 2.57. The van der Waals surface area contributed by atoms with Crippen molar-refractivity contribution < 1.29 is 4.39 Å². The van der Waals surface area contributed by atoms with Crippen LogP contribution in [0.3, 0.4) is 0 Å². The van der Waals surface area contributed by atoms with Gasteiger partial charge in [-0.2, -0.15) is 0 Å². The van der Waals surface area contributed by atoms with Crippen LogP contribution in [0, 0.1) is 18.2 Å². The third-order valence-electron chi connectivity index (χ3n) is 2.64. The first-order chi connectivity index (χ1) is 6.81. The molecule has 1 atom stereocenters. The number of halogens is 1. The third kappa shape index (κ3) is 1.64. The highest BCUT2D eigenvalue weighted by atomic mass is 19.1. The molecule has 0 spiro atoms. The van der Waals surface area contributed by atoms with E-state index >= 15 is 0 Å². The number of fused-ring (bicyclic) bond motifs is 1. The molecular weight excluding hydrogens is 177 g/mol. The summed E-state index contributed by atoms with van der Waals surface area (Å²) in [6.07, 6.45) is 7.20. The summed E-state index contributed by atoms with van der Waals surface area (Å²) in [5.41, 5.74) is 2.31. The van der Waals surface area contributed by atoms with Crippen LogP contribution in [-0.4, -0.2) is 6.54 Å². The summed E-state index contributed by atoms with van der Waals surface area (Å²) in [5, 5.41) is 3.21. The van der Waals surface area contributed by atoms with Crippen molar-refractivity contribution >= 4 is 0 Å². The summed E-state index contributed by atoms with van der Waals surface area (Å²) >= 11 is 0. The molecule has 0 amide bonds. The van der Waals surface area contributed by atoms with Crippen LogP contribution in [-0.2, 0) is 6.42 Å². The Bertz CT molecular complexity index is 378. The maximum absolute atomic E-state index is 13.0. The van der Waals surface area contributed by atoms with Gasteiger partial charge in [-0.1, -0.05) is 12.0 Å². The Morgan fingerprint density at radius 1 is 1.57 bits per heavy atom. The minimum Gasteiger partial charge on any atom is -0.299 e. The van der Waals surface area contributed by atoms with Gasteiger partial charge in [-0.05, 0) is 36.1 Å². The minimum atomic E-state index is -0.168. The molecule has 1 aromatic carbocycles. The number of hydrogen-bond donors (Lipinski definition) is 1. The SMILES string of the molecule is C#CCN[C@@H]1CCc2ccc(F)cc21. The lowest BCUT2D eigenvalue weighted by molar-refractivity contribution is 0.562. The fourth-order valence-electron chi connectivity index (χ4n) is 1.97. The summed E-state index contributed by atoms with van der Waals surface area (Å²) in [7, 11) is 0. The average molecular weight is 189 g/mol. The van der Waals surface area contributed by atoms with Gasteiger partial charge in [0, 0.05) is 6.04 Å². The smallest absolute Gasteiger partial charge is 0.123 e. The Balaban J connectivity index is 2.21. The summed E-state index contributed by atoms with van der Waals surface area (Å²) in [6, 6.07) is 5.22. The first-order valence-corrected chi connectivity index (χ1v) is 4.76. The van der Waals surface area contributed by atoms with Gasteiger partial charge in [-0.25, -0.2) is 4.39 Å². The number of terminal acetylenes is 1. The van der Waals surface area contributed by atoms with Crippen LogP contribution in [0.5, 0.6) is 0 Å². The van der Waals surface area contributed by atoms with Gasteiger partial charge in [0.25, 0.3) is 0 Å². The number of rotatable bonds is 2. The largest absolute Gasteiger partial charge is 0.299 e. The molecule has 0 aromatic heterocycles. The van der Waals surface area contributed by atoms with E-state index in [1.165, 1.54) is 11.6 Å².